The van der Waals surface area contributed by atoms with Gasteiger partial charge >= 0.3 is 0 Å². The van der Waals surface area contributed by atoms with Crippen LogP contribution in [0.15, 0.2) is 24.3 Å². The minimum absolute atomic E-state index is 0.0276. The molecule has 1 aliphatic rings. The number of ether oxygens (including phenoxy) is 1. The molecule has 1 heterocycles. The van der Waals surface area contributed by atoms with Crippen molar-refractivity contribution in [2.75, 3.05) is 20.2 Å². The average molecular weight is 519 g/mol. The number of carbonyl (C=O) groups excluding carboxylic acids is 4. The summed E-state index contributed by atoms with van der Waals surface area (Å²) in [5.74, 6) is -1.29. The first-order chi connectivity index (χ1) is 17.2. The summed E-state index contributed by atoms with van der Waals surface area (Å²) in [6.45, 7) is 11.0. The van der Waals surface area contributed by atoms with Crippen molar-refractivity contribution in [2.24, 2.45) is 0 Å². The van der Waals surface area contributed by atoms with E-state index in [2.05, 4.69) is 10.6 Å². The number of aliphatic hydroxyl groups is 1. The van der Waals surface area contributed by atoms with Gasteiger partial charge < -0.3 is 30.3 Å². The number of hydrogen-bond donors (Lipinski definition) is 3. The number of hydrogen-bond acceptors (Lipinski definition) is 6. The van der Waals surface area contributed by atoms with Crippen LogP contribution in [0, 0.1) is 0 Å². The Morgan fingerprint density at radius 1 is 1.19 bits per heavy atom. The number of nitrogens with one attached hydrogen (secondary N) is 2. The molecule has 1 aromatic rings. The van der Waals surface area contributed by atoms with Crippen LogP contribution < -0.4 is 15.4 Å². The van der Waals surface area contributed by atoms with Crippen LogP contribution in [0.3, 0.4) is 0 Å². The largest absolute Gasteiger partial charge is 0.483 e. The average Bonchev–Trinajstić information content (AvgIpc) is 3.21. The molecule has 2 rings (SSSR count). The molecule has 1 saturated heterocycles. The van der Waals surface area contributed by atoms with Gasteiger partial charge in [0.2, 0.25) is 11.8 Å². The van der Waals surface area contributed by atoms with E-state index < -0.39 is 35.5 Å². The Labute approximate surface area is 219 Å². The van der Waals surface area contributed by atoms with E-state index >= 15 is 0 Å². The number of nitrogens with zero attached hydrogens (tertiary/aromatic N) is 2. The van der Waals surface area contributed by atoms with Crippen LogP contribution in [-0.4, -0.2) is 88.5 Å². The van der Waals surface area contributed by atoms with Crippen molar-refractivity contribution in [1.82, 2.24) is 20.4 Å². The number of β-amino-alcohol motifs (C(OH)–C–C–N with tert-alkyl or cyclic N) is 1. The summed E-state index contributed by atoms with van der Waals surface area (Å²) in [6.07, 6.45) is 0.310. The van der Waals surface area contributed by atoms with Crippen LogP contribution in [0.4, 0.5) is 0 Å². The number of carbonyl (C=O) groups is 4. The molecule has 4 amide bonds. The molecule has 0 radical (unpaired) electrons. The van der Waals surface area contributed by atoms with Crippen LogP contribution in [0.1, 0.15) is 71.2 Å². The minimum atomic E-state index is -0.889. The fourth-order valence-corrected chi connectivity index (χ4v) is 4.14. The second-order valence-electron chi connectivity index (χ2n) is 10.8. The molecule has 0 saturated carbocycles. The first-order valence-electron chi connectivity index (χ1n) is 12.8. The van der Waals surface area contributed by atoms with E-state index in [9.17, 15) is 24.3 Å². The summed E-state index contributed by atoms with van der Waals surface area (Å²) in [7, 11) is 1.67. The number of likely N-dealkylation sites (tertiary alicyclic amines) is 1. The van der Waals surface area contributed by atoms with Crippen LogP contribution in [-0.2, 0) is 14.4 Å². The van der Waals surface area contributed by atoms with Crippen molar-refractivity contribution < 1.29 is 29.0 Å². The Balaban J connectivity index is 2.18. The predicted molar refractivity (Wildman–Crippen MR) is 140 cm³/mol. The van der Waals surface area contributed by atoms with E-state index in [-0.39, 0.29) is 48.7 Å². The summed E-state index contributed by atoms with van der Waals surface area (Å²) in [5, 5.41) is 15.9. The second-order valence-corrected chi connectivity index (χ2v) is 10.8. The first kappa shape index (κ1) is 30.1. The van der Waals surface area contributed by atoms with Gasteiger partial charge in [-0.25, -0.2) is 0 Å². The topological polar surface area (TPSA) is 128 Å². The minimum Gasteiger partial charge on any atom is -0.483 e. The van der Waals surface area contributed by atoms with Gasteiger partial charge in [0.1, 0.15) is 17.8 Å². The van der Waals surface area contributed by atoms with Crippen molar-refractivity contribution in [3.8, 4) is 5.75 Å². The quantitative estimate of drug-likeness (QED) is 0.433. The Morgan fingerprint density at radius 2 is 1.84 bits per heavy atom. The van der Waals surface area contributed by atoms with Gasteiger partial charge in [-0.3, -0.25) is 19.2 Å². The number of rotatable bonds is 10. The van der Waals surface area contributed by atoms with Gasteiger partial charge in [-0.1, -0.05) is 25.5 Å². The Hall–Kier alpha value is -3.14. The summed E-state index contributed by atoms with van der Waals surface area (Å²) >= 11 is 0. The highest BCUT2D eigenvalue weighted by molar-refractivity contribution is 6.00. The Morgan fingerprint density at radius 3 is 2.43 bits per heavy atom. The zero-order valence-corrected chi connectivity index (χ0v) is 23.0. The molecule has 3 atom stereocenters. The monoisotopic (exact) mass is 518 g/mol. The lowest BCUT2D eigenvalue weighted by Crippen LogP contribution is -2.54. The van der Waals surface area contributed by atoms with Gasteiger partial charge in [0.15, 0.2) is 6.61 Å². The number of para-hydroxylation sites is 1. The fraction of sp³-hybridized carbons (Fsp3) is 0.630. The molecular weight excluding hydrogens is 476 g/mol. The highest BCUT2D eigenvalue weighted by Gasteiger charge is 2.42. The highest BCUT2D eigenvalue weighted by Crippen LogP contribution is 2.23. The number of aliphatic hydroxyl groups excluding tert-OH is 1. The number of benzene rings is 1. The van der Waals surface area contributed by atoms with E-state index in [1.54, 1.807) is 36.2 Å². The molecule has 0 aromatic heterocycles. The van der Waals surface area contributed by atoms with Crippen molar-refractivity contribution >= 4 is 23.6 Å². The Kier molecular flexibility index (Phi) is 10.5. The molecule has 0 spiro atoms. The molecule has 0 unspecified atom stereocenters. The first-order valence-corrected chi connectivity index (χ1v) is 12.8. The normalized spacial score (nSPS) is 18.4. The molecule has 1 aliphatic heterocycles. The van der Waals surface area contributed by atoms with E-state index in [0.717, 1.165) is 0 Å². The van der Waals surface area contributed by atoms with Crippen LogP contribution in [0.5, 0.6) is 5.75 Å². The molecule has 37 heavy (non-hydrogen) atoms. The third-order valence-electron chi connectivity index (χ3n) is 6.16. The molecule has 0 bridgehead atoms. The molecule has 206 valence electrons. The number of amides is 4. The molecule has 3 N–H and O–H groups in total. The SMILES string of the molecule is CCC[C@@H](NC(=O)c1ccccc1OCC(=O)NC(C)(C)C)C(=O)N1C[C@@H](O)C[C@@H]1C(=O)N(C)C(C)C. The molecule has 10 nitrogen and oxygen atoms in total. The van der Waals surface area contributed by atoms with Crippen LogP contribution in [0.25, 0.3) is 0 Å². The standard InChI is InChI=1S/C27H42N4O6/c1-8-11-20(25(35)31-15-18(32)14-21(31)26(36)30(7)17(2)3)28-24(34)19-12-9-10-13-22(19)37-16-23(33)29-27(4,5)6/h9-10,12-13,17-18,20-21,32H,8,11,14-16H2,1-7H3,(H,28,34)(H,29,33)/t18-,20+,21+/m0/s1. The molecular formula is C27H42N4O6. The Bertz CT molecular complexity index is 974. The maximum absolute atomic E-state index is 13.5. The third-order valence-corrected chi connectivity index (χ3v) is 6.16. The fourth-order valence-electron chi connectivity index (χ4n) is 4.14. The van der Waals surface area contributed by atoms with E-state index in [1.165, 1.54) is 4.90 Å². The molecule has 0 aliphatic carbocycles. The summed E-state index contributed by atoms with van der Waals surface area (Å²) in [4.78, 5) is 54.9. The smallest absolute Gasteiger partial charge is 0.258 e. The third kappa shape index (κ3) is 8.45. The summed E-state index contributed by atoms with van der Waals surface area (Å²) < 4.78 is 5.63. The van der Waals surface area contributed by atoms with E-state index in [4.69, 9.17) is 4.74 Å². The van der Waals surface area contributed by atoms with Gasteiger partial charge in [-0.15, -0.1) is 0 Å². The van der Waals surface area contributed by atoms with Gasteiger partial charge in [-0.2, -0.15) is 0 Å². The second kappa shape index (κ2) is 12.9. The number of likely N-dealkylation sites (N-methyl/N-ethyl adjacent to an activating group) is 1. The molecule has 1 aromatic carbocycles. The maximum atomic E-state index is 13.5. The van der Waals surface area contributed by atoms with Gasteiger partial charge in [-0.05, 0) is 53.2 Å². The van der Waals surface area contributed by atoms with Crippen molar-refractivity contribution in [1.29, 1.82) is 0 Å². The predicted octanol–water partition coefficient (Wildman–Crippen LogP) is 1.71. The van der Waals surface area contributed by atoms with Crippen LogP contribution in [0.2, 0.25) is 0 Å². The maximum Gasteiger partial charge on any atom is 0.258 e. The molecule has 10 heteroatoms. The van der Waals surface area contributed by atoms with Gasteiger partial charge in [0.25, 0.3) is 11.8 Å². The zero-order valence-electron chi connectivity index (χ0n) is 23.0. The van der Waals surface area contributed by atoms with Gasteiger partial charge in [0, 0.05) is 31.6 Å². The van der Waals surface area contributed by atoms with E-state index in [1.807, 2.05) is 41.5 Å². The highest BCUT2D eigenvalue weighted by atomic mass is 16.5. The lowest BCUT2D eigenvalue weighted by Gasteiger charge is -2.32. The zero-order chi connectivity index (χ0) is 27.9. The molecule has 1 fully saturated rings. The van der Waals surface area contributed by atoms with Crippen molar-refractivity contribution in [2.45, 2.75) is 90.6 Å². The van der Waals surface area contributed by atoms with Gasteiger partial charge in [0.05, 0.1) is 11.7 Å². The van der Waals surface area contributed by atoms with Crippen LogP contribution >= 0.6 is 0 Å². The summed E-state index contributed by atoms with van der Waals surface area (Å²) in [5.41, 5.74) is -0.231. The van der Waals surface area contributed by atoms with Crippen molar-refractivity contribution in [3.63, 3.8) is 0 Å². The lowest BCUT2D eigenvalue weighted by atomic mass is 10.1. The van der Waals surface area contributed by atoms with Crippen molar-refractivity contribution in [3.05, 3.63) is 29.8 Å². The van der Waals surface area contributed by atoms with E-state index in [0.29, 0.717) is 12.8 Å². The lowest BCUT2D eigenvalue weighted by molar-refractivity contribution is -0.145. The summed E-state index contributed by atoms with van der Waals surface area (Å²) in [6, 6.07) is 4.77.